The zero-order chi connectivity index (χ0) is 17.3. The second-order valence-corrected chi connectivity index (χ2v) is 7.55. The third-order valence-corrected chi connectivity index (χ3v) is 6.24. The van der Waals surface area contributed by atoms with Crippen LogP contribution in [0.3, 0.4) is 0 Å². The third kappa shape index (κ3) is 1.78. The van der Waals surface area contributed by atoms with Crippen molar-refractivity contribution in [3.8, 4) is 0 Å². The van der Waals surface area contributed by atoms with Gasteiger partial charge in [-0.05, 0) is 69.5 Å². The molecule has 26 heavy (non-hydrogen) atoms. The molecule has 0 heterocycles. The molecule has 124 valence electrons. The molecule has 0 spiro atoms. The molecule has 0 aliphatic heterocycles. The van der Waals surface area contributed by atoms with Crippen molar-refractivity contribution in [3.05, 3.63) is 94.0 Å². The molecule has 6 rings (SSSR count). The summed E-state index contributed by atoms with van der Waals surface area (Å²) in [5, 5.41) is 4.85. The van der Waals surface area contributed by atoms with E-state index in [0.717, 1.165) is 47.6 Å². The van der Waals surface area contributed by atoms with Crippen molar-refractivity contribution in [2.45, 2.75) is 25.7 Å². The van der Waals surface area contributed by atoms with Gasteiger partial charge in [-0.1, -0.05) is 60.7 Å². The van der Waals surface area contributed by atoms with Crippen LogP contribution in [0.2, 0.25) is 0 Å². The minimum absolute atomic E-state index is 0.149. The van der Waals surface area contributed by atoms with E-state index in [1.807, 2.05) is 12.1 Å². The Morgan fingerprint density at radius 2 is 0.962 bits per heavy atom. The van der Waals surface area contributed by atoms with Crippen LogP contribution in [0.25, 0.3) is 21.5 Å². The summed E-state index contributed by atoms with van der Waals surface area (Å²) in [5.41, 5.74) is 7.21. The predicted octanol–water partition coefficient (Wildman–Crippen LogP) is 5.42. The van der Waals surface area contributed by atoms with E-state index in [0.29, 0.717) is 0 Å². The van der Waals surface area contributed by atoms with Gasteiger partial charge in [-0.15, -0.1) is 0 Å². The van der Waals surface area contributed by atoms with E-state index < -0.39 is 0 Å². The van der Waals surface area contributed by atoms with Crippen molar-refractivity contribution in [2.24, 2.45) is 0 Å². The van der Waals surface area contributed by atoms with Crippen LogP contribution in [0, 0.1) is 0 Å². The number of carbonyl (C=O) groups excluding carboxylic acids is 1. The molecule has 2 aliphatic rings. The maximum atomic E-state index is 13.6. The molecule has 0 unspecified atom stereocenters. The summed E-state index contributed by atoms with van der Waals surface area (Å²) in [7, 11) is 0. The van der Waals surface area contributed by atoms with Crippen LogP contribution in [0.15, 0.2) is 60.7 Å². The number of benzene rings is 4. The highest BCUT2D eigenvalue weighted by Crippen LogP contribution is 2.36. The highest BCUT2D eigenvalue weighted by atomic mass is 16.1. The molecule has 0 atom stereocenters. The summed E-state index contributed by atoms with van der Waals surface area (Å²) in [6.45, 7) is 0. The summed E-state index contributed by atoms with van der Waals surface area (Å²) in [4.78, 5) is 13.6. The van der Waals surface area contributed by atoms with Crippen LogP contribution in [0.4, 0.5) is 0 Å². The highest BCUT2D eigenvalue weighted by Gasteiger charge is 2.23. The molecule has 1 heteroatoms. The Morgan fingerprint density at radius 3 is 1.42 bits per heavy atom. The molecule has 0 saturated carbocycles. The van der Waals surface area contributed by atoms with Crippen LogP contribution in [0.1, 0.15) is 38.2 Å². The summed E-state index contributed by atoms with van der Waals surface area (Å²) in [6, 6.07) is 21.2. The lowest BCUT2D eigenvalue weighted by atomic mass is 9.91. The standard InChI is InChI=1S/C25H18O/c26-25(21-13-11-17-9-7-15-3-1-5-19(21)23(15)17)22-14-12-18-10-8-16-4-2-6-20(22)24(16)18/h1-6,11-14H,7-10H2. The first-order chi connectivity index (χ1) is 12.8. The number of hydrogen-bond donors (Lipinski definition) is 0. The van der Waals surface area contributed by atoms with Gasteiger partial charge in [0.25, 0.3) is 0 Å². The lowest BCUT2D eigenvalue weighted by Gasteiger charge is -2.11. The van der Waals surface area contributed by atoms with Crippen molar-refractivity contribution in [3.63, 3.8) is 0 Å². The molecule has 0 fully saturated rings. The van der Waals surface area contributed by atoms with Gasteiger partial charge in [0, 0.05) is 11.1 Å². The van der Waals surface area contributed by atoms with Crippen LogP contribution in [-0.4, -0.2) is 5.78 Å². The lowest BCUT2D eigenvalue weighted by molar-refractivity contribution is 0.104. The topological polar surface area (TPSA) is 17.1 Å². The average molecular weight is 334 g/mol. The molecule has 0 saturated heterocycles. The maximum Gasteiger partial charge on any atom is 0.194 e. The van der Waals surface area contributed by atoms with Crippen molar-refractivity contribution < 1.29 is 4.79 Å². The fourth-order valence-corrected chi connectivity index (χ4v) is 5.03. The molecular weight excluding hydrogens is 316 g/mol. The monoisotopic (exact) mass is 334 g/mol. The smallest absolute Gasteiger partial charge is 0.194 e. The van der Waals surface area contributed by atoms with Crippen molar-refractivity contribution in [1.29, 1.82) is 0 Å². The lowest BCUT2D eigenvalue weighted by Crippen LogP contribution is -2.04. The molecule has 4 aromatic carbocycles. The molecule has 0 amide bonds. The third-order valence-electron chi connectivity index (χ3n) is 6.24. The second kappa shape index (κ2) is 5.04. The zero-order valence-electron chi connectivity index (χ0n) is 14.5. The quantitative estimate of drug-likeness (QED) is 0.447. The van der Waals surface area contributed by atoms with E-state index in [1.54, 1.807) is 0 Å². The number of hydrogen-bond acceptors (Lipinski definition) is 1. The fraction of sp³-hybridized carbons (Fsp3) is 0.160. The van der Waals surface area contributed by atoms with Crippen LogP contribution in [0.5, 0.6) is 0 Å². The Hall–Kier alpha value is -2.93. The van der Waals surface area contributed by atoms with Gasteiger partial charge in [-0.3, -0.25) is 4.79 Å². The van der Waals surface area contributed by atoms with Crippen molar-refractivity contribution in [1.82, 2.24) is 0 Å². The zero-order valence-corrected chi connectivity index (χ0v) is 14.5. The summed E-state index contributed by atoms with van der Waals surface area (Å²) >= 11 is 0. The number of ketones is 1. The Kier molecular flexibility index (Phi) is 2.77. The SMILES string of the molecule is O=C(c1ccc2c3c(cccc13)CC2)c1ccc2c3c(cccc13)CC2. The van der Waals surface area contributed by atoms with Gasteiger partial charge in [-0.2, -0.15) is 0 Å². The molecule has 2 aliphatic carbocycles. The summed E-state index contributed by atoms with van der Waals surface area (Å²) in [6.07, 6.45) is 4.35. The van der Waals surface area contributed by atoms with Crippen molar-refractivity contribution >= 4 is 27.3 Å². The fourth-order valence-electron chi connectivity index (χ4n) is 5.03. The Bertz CT molecular complexity index is 1130. The largest absolute Gasteiger partial charge is 0.289 e. The number of rotatable bonds is 2. The summed E-state index contributed by atoms with van der Waals surface area (Å²) in [5.74, 6) is 0.149. The second-order valence-electron chi connectivity index (χ2n) is 7.55. The van der Waals surface area contributed by atoms with Gasteiger partial charge in [0.05, 0.1) is 0 Å². The molecule has 0 aromatic heterocycles. The van der Waals surface area contributed by atoms with Gasteiger partial charge < -0.3 is 0 Å². The molecule has 1 nitrogen and oxygen atoms in total. The number of carbonyl (C=O) groups is 1. The Balaban J connectivity index is 1.62. The van der Waals surface area contributed by atoms with Gasteiger partial charge in [0.1, 0.15) is 0 Å². The van der Waals surface area contributed by atoms with Gasteiger partial charge >= 0.3 is 0 Å². The molecule has 0 N–H and O–H groups in total. The molecular formula is C25H18O. The Labute approximate surface area is 152 Å². The minimum atomic E-state index is 0.149. The minimum Gasteiger partial charge on any atom is -0.289 e. The van der Waals surface area contributed by atoms with E-state index in [1.165, 1.54) is 33.0 Å². The predicted molar refractivity (Wildman–Crippen MR) is 106 cm³/mol. The first-order valence-electron chi connectivity index (χ1n) is 9.43. The normalized spacial score (nSPS) is 14.5. The summed E-state index contributed by atoms with van der Waals surface area (Å²) < 4.78 is 0. The van der Waals surface area contributed by atoms with E-state index in [-0.39, 0.29) is 5.78 Å². The maximum absolute atomic E-state index is 13.6. The molecule has 4 aromatic rings. The Morgan fingerprint density at radius 1 is 0.538 bits per heavy atom. The molecule has 0 bridgehead atoms. The van der Waals surface area contributed by atoms with E-state index in [2.05, 4.69) is 48.5 Å². The van der Waals surface area contributed by atoms with E-state index in [9.17, 15) is 4.79 Å². The van der Waals surface area contributed by atoms with E-state index in [4.69, 9.17) is 0 Å². The average Bonchev–Trinajstić information content (AvgIpc) is 3.29. The van der Waals surface area contributed by atoms with Crippen LogP contribution in [-0.2, 0) is 25.7 Å². The van der Waals surface area contributed by atoms with Gasteiger partial charge in [0.15, 0.2) is 5.78 Å². The van der Waals surface area contributed by atoms with E-state index >= 15 is 0 Å². The number of aryl methyl sites for hydroxylation is 4. The highest BCUT2D eigenvalue weighted by molar-refractivity contribution is 6.22. The van der Waals surface area contributed by atoms with Crippen LogP contribution >= 0.6 is 0 Å². The molecule has 0 radical (unpaired) electrons. The van der Waals surface area contributed by atoms with Gasteiger partial charge in [-0.25, -0.2) is 0 Å². The van der Waals surface area contributed by atoms with Crippen molar-refractivity contribution in [2.75, 3.05) is 0 Å². The van der Waals surface area contributed by atoms with Gasteiger partial charge in [0.2, 0.25) is 0 Å². The first-order valence-corrected chi connectivity index (χ1v) is 9.43. The van der Waals surface area contributed by atoms with Crippen LogP contribution < -0.4 is 0 Å². The first kappa shape index (κ1) is 14.3.